The van der Waals surface area contributed by atoms with Gasteiger partial charge in [0.25, 0.3) is 10.1 Å². The fourth-order valence-electron chi connectivity index (χ4n) is 9.33. The Bertz CT molecular complexity index is 1480. The first-order valence-corrected chi connectivity index (χ1v) is 16.8. The number of halogens is 2. The van der Waals surface area contributed by atoms with Gasteiger partial charge >= 0.3 is 0 Å². The number of Topliss-reactive ketones (excluding diaryl/α,β-unsaturated/α-hetero) is 1. The van der Waals surface area contributed by atoms with Gasteiger partial charge in [0.1, 0.15) is 12.8 Å². The molecule has 0 amide bonds. The van der Waals surface area contributed by atoms with Crippen molar-refractivity contribution in [3.8, 4) is 0 Å². The molecule has 0 bridgehead atoms. The number of alkyl halides is 2. The molecule has 0 aromatic heterocycles. The van der Waals surface area contributed by atoms with Crippen molar-refractivity contribution in [2.45, 2.75) is 69.5 Å². The third-order valence-corrected chi connectivity index (χ3v) is 11.8. The molecule has 234 valence electrons. The molecule has 1 heterocycles. The van der Waals surface area contributed by atoms with Crippen LogP contribution in [-0.4, -0.2) is 79.7 Å². The van der Waals surface area contributed by atoms with Gasteiger partial charge in [-0.05, 0) is 68.2 Å². The van der Waals surface area contributed by atoms with Gasteiger partial charge in [0.05, 0.1) is 12.4 Å². The molecule has 8 nitrogen and oxygen atoms in total. The number of benzene rings is 1. The Hall–Kier alpha value is -2.31. The highest BCUT2D eigenvalue weighted by Gasteiger charge is 2.79. The number of nitrogens with zero attached hydrogens (tertiary/aromatic N) is 1. The lowest BCUT2D eigenvalue weighted by Gasteiger charge is -2.63. The van der Waals surface area contributed by atoms with E-state index in [1.165, 1.54) is 19.1 Å². The number of carbonyl (C=O) groups excluding carboxylic acids is 2. The number of allylic oxidation sites excluding steroid dienone is 4. The van der Waals surface area contributed by atoms with E-state index in [9.17, 15) is 23.1 Å². The molecule has 5 aliphatic rings. The SMILES string of the molecule is C[C@]12C=CC(=O)C=C1[C@@H](F)C[C@H]1[C@@H]3C[C@H]4CN(CCCc5ccccc5)O[C@@]4(C(=O)COS(C)(=O)=O)[C@@]3(C)C[C@H](O)[C@@]12F. The summed E-state index contributed by atoms with van der Waals surface area (Å²) in [6.45, 7) is 3.42. The molecule has 4 aliphatic carbocycles. The Labute approximate surface area is 251 Å². The van der Waals surface area contributed by atoms with E-state index in [-0.39, 0.29) is 18.4 Å². The fraction of sp³-hybridized carbons (Fsp3) is 0.625. The molecule has 0 spiro atoms. The summed E-state index contributed by atoms with van der Waals surface area (Å²) in [7, 11) is -3.95. The maximum absolute atomic E-state index is 17.6. The highest BCUT2D eigenvalue weighted by Crippen LogP contribution is 2.72. The summed E-state index contributed by atoms with van der Waals surface area (Å²) in [6, 6.07) is 9.95. The third-order valence-electron chi connectivity index (χ3n) is 11.2. The summed E-state index contributed by atoms with van der Waals surface area (Å²) >= 11 is 0. The van der Waals surface area contributed by atoms with Crippen LogP contribution in [0.3, 0.4) is 0 Å². The van der Waals surface area contributed by atoms with Crippen LogP contribution in [0.1, 0.15) is 45.1 Å². The smallest absolute Gasteiger partial charge is 0.264 e. The van der Waals surface area contributed by atoms with Crippen molar-refractivity contribution in [2.75, 3.05) is 26.0 Å². The normalized spacial score (nSPS) is 42.1. The standard InChI is InChI=1S/C32H39F2NO7S/c1-29-12-11-22(36)15-25(29)26(33)16-24-23-14-21-18-35(13-7-10-20-8-5-4-6-9-20)42-32(21,28(38)19-41-43(3,39)40)30(23,2)17-27(37)31(24,29)34/h4-6,8-9,11-12,15,21,23-24,26-27,37H,7,10,13-14,16-19H2,1-3H3/t21-,23-,24-,26-,27-,29-,30-,31-,32-/m0/s1. The number of ketones is 2. The number of fused-ring (bicyclic) bond motifs is 7. The lowest BCUT2D eigenvalue weighted by atomic mass is 9.44. The monoisotopic (exact) mass is 619 g/mol. The number of hydrogen-bond donors (Lipinski definition) is 1. The molecule has 1 aromatic carbocycles. The van der Waals surface area contributed by atoms with Crippen molar-refractivity contribution in [3.63, 3.8) is 0 Å². The minimum atomic E-state index is -3.95. The van der Waals surface area contributed by atoms with E-state index < -0.39 is 80.4 Å². The predicted molar refractivity (Wildman–Crippen MR) is 153 cm³/mol. The first kappa shape index (κ1) is 30.7. The van der Waals surface area contributed by atoms with Crippen LogP contribution in [0.2, 0.25) is 0 Å². The molecule has 9 atom stereocenters. The highest BCUT2D eigenvalue weighted by molar-refractivity contribution is 7.86. The van der Waals surface area contributed by atoms with Crippen LogP contribution in [0.4, 0.5) is 8.78 Å². The van der Waals surface area contributed by atoms with E-state index in [4.69, 9.17) is 9.02 Å². The summed E-state index contributed by atoms with van der Waals surface area (Å²) in [4.78, 5) is 32.8. The van der Waals surface area contributed by atoms with Crippen LogP contribution in [0.15, 0.2) is 54.1 Å². The number of rotatable bonds is 8. The number of hydroxylamine groups is 2. The Kier molecular flexibility index (Phi) is 7.41. The fourth-order valence-corrected chi connectivity index (χ4v) is 9.65. The Morgan fingerprint density at radius 1 is 1.19 bits per heavy atom. The minimum absolute atomic E-state index is 0.0350. The summed E-state index contributed by atoms with van der Waals surface area (Å²) in [5, 5.41) is 13.4. The van der Waals surface area contributed by atoms with Crippen LogP contribution in [0.25, 0.3) is 0 Å². The summed E-state index contributed by atoms with van der Waals surface area (Å²) in [5.41, 5.74) is -5.36. The van der Waals surface area contributed by atoms with Gasteiger partial charge in [0, 0.05) is 35.8 Å². The first-order valence-electron chi connectivity index (χ1n) is 15.0. The van der Waals surface area contributed by atoms with Crippen molar-refractivity contribution in [1.82, 2.24) is 5.06 Å². The second kappa shape index (κ2) is 10.4. The van der Waals surface area contributed by atoms with E-state index >= 15 is 8.78 Å². The molecule has 6 rings (SSSR count). The quantitative estimate of drug-likeness (QED) is 0.439. The second-order valence-electron chi connectivity index (χ2n) is 13.5. The molecule has 4 fully saturated rings. The predicted octanol–water partition coefficient (Wildman–Crippen LogP) is 3.70. The van der Waals surface area contributed by atoms with Crippen LogP contribution < -0.4 is 0 Å². The molecular weight excluding hydrogens is 580 g/mol. The van der Waals surface area contributed by atoms with Crippen molar-refractivity contribution in [1.29, 1.82) is 0 Å². The van der Waals surface area contributed by atoms with Crippen molar-refractivity contribution in [2.24, 2.45) is 28.6 Å². The second-order valence-corrected chi connectivity index (χ2v) is 15.1. The number of aryl methyl sites for hydroxylation is 1. The van der Waals surface area contributed by atoms with Gasteiger partial charge in [-0.2, -0.15) is 13.5 Å². The molecule has 1 saturated heterocycles. The van der Waals surface area contributed by atoms with Crippen molar-refractivity contribution >= 4 is 21.7 Å². The van der Waals surface area contributed by atoms with E-state index in [0.717, 1.165) is 30.7 Å². The van der Waals surface area contributed by atoms with Crippen molar-refractivity contribution in [3.05, 3.63) is 59.7 Å². The van der Waals surface area contributed by atoms with Crippen LogP contribution in [0.5, 0.6) is 0 Å². The number of hydrogen-bond acceptors (Lipinski definition) is 8. The minimum Gasteiger partial charge on any atom is -0.390 e. The van der Waals surface area contributed by atoms with Crippen LogP contribution in [-0.2, 0) is 35.1 Å². The number of carbonyl (C=O) groups is 2. The highest BCUT2D eigenvalue weighted by atomic mass is 32.2. The molecule has 0 unspecified atom stereocenters. The largest absolute Gasteiger partial charge is 0.390 e. The van der Waals surface area contributed by atoms with Gasteiger partial charge in [0.15, 0.2) is 22.8 Å². The zero-order valence-corrected chi connectivity index (χ0v) is 25.5. The summed E-state index contributed by atoms with van der Waals surface area (Å²) < 4.78 is 62.1. The lowest BCUT2D eigenvalue weighted by Crippen LogP contribution is -2.70. The average molecular weight is 620 g/mol. The third kappa shape index (κ3) is 4.52. The van der Waals surface area contributed by atoms with Gasteiger partial charge in [-0.1, -0.05) is 43.3 Å². The summed E-state index contributed by atoms with van der Waals surface area (Å²) in [5.74, 6) is -2.98. The Balaban J connectivity index is 1.34. The Morgan fingerprint density at radius 3 is 2.60 bits per heavy atom. The van der Waals surface area contributed by atoms with Gasteiger partial charge in [-0.3, -0.25) is 18.6 Å². The van der Waals surface area contributed by atoms with Crippen LogP contribution in [0, 0.1) is 28.6 Å². The molecule has 11 heteroatoms. The molecule has 1 aromatic rings. The maximum atomic E-state index is 17.6. The first-order chi connectivity index (χ1) is 20.2. The summed E-state index contributed by atoms with van der Waals surface area (Å²) in [6.07, 6.45) is 2.88. The van der Waals surface area contributed by atoms with E-state index in [2.05, 4.69) is 0 Å². The molecule has 1 N–H and O–H groups in total. The Morgan fingerprint density at radius 2 is 1.91 bits per heavy atom. The lowest BCUT2D eigenvalue weighted by molar-refractivity contribution is -0.267. The number of aliphatic hydroxyl groups excluding tert-OH is 1. The molecule has 1 aliphatic heterocycles. The molecule has 0 radical (unpaired) electrons. The zero-order valence-electron chi connectivity index (χ0n) is 24.7. The van der Waals surface area contributed by atoms with E-state index in [0.29, 0.717) is 19.5 Å². The molecular formula is C32H39F2NO7S. The van der Waals surface area contributed by atoms with Gasteiger partial charge < -0.3 is 5.11 Å². The van der Waals surface area contributed by atoms with Gasteiger partial charge in [-0.25, -0.2) is 8.78 Å². The molecule has 3 saturated carbocycles. The van der Waals surface area contributed by atoms with Crippen LogP contribution >= 0.6 is 0 Å². The topological polar surface area (TPSA) is 110 Å². The average Bonchev–Trinajstić information content (AvgIpc) is 3.43. The number of aliphatic hydroxyl groups is 1. The maximum Gasteiger partial charge on any atom is 0.264 e. The van der Waals surface area contributed by atoms with Gasteiger partial charge in [-0.15, -0.1) is 0 Å². The molecule has 43 heavy (non-hydrogen) atoms. The zero-order chi connectivity index (χ0) is 31.0. The van der Waals surface area contributed by atoms with Crippen molar-refractivity contribution < 1.29 is 40.9 Å². The van der Waals surface area contributed by atoms with Gasteiger partial charge in [0.2, 0.25) is 0 Å². The van der Waals surface area contributed by atoms with E-state index in [1.807, 2.05) is 30.3 Å². The van der Waals surface area contributed by atoms with E-state index in [1.54, 1.807) is 12.0 Å².